The Morgan fingerprint density at radius 1 is 0.250 bits per heavy atom. The van der Waals surface area contributed by atoms with Crippen molar-refractivity contribution >= 4 is 0 Å². The maximum atomic E-state index is 12.8. The molecule has 0 radical (unpaired) electrons. The highest BCUT2D eigenvalue weighted by atomic mass is 16.3. The van der Waals surface area contributed by atoms with Gasteiger partial charge in [0.1, 0.15) is 11.2 Å². The molecule has 0 aromatic heterocycles. The van der Waals surface area contributed by atoms with Gasteiger partial charge in [0.2, 0.25) is 0 Å². The van der Waals surface area contributed by atoms with Crippen molar-refractivity contribution < 1.29 is 10.2 Å². The molecule has 0 saturated heterocycles. The van der Waals surface area contributed by atoms with Crippen molar-refractivity contribution in [1.82, 2.24) is 0 Å². The number of fused-ring (bicyclic) bond motifs is 6. The highest BCUT2D eigenvalue weighted by Crippen LogP contribution is 2.55. The van der Waals surface area contributed by atoms with Crippen molar-refractivity contribution in [2.75, 3.05) is 0 Å². The summed E-state index contributed by atoms with van der Waals surface area (Å²) in [6, 6.07) is 48.6. The molecular formula is C38H26O2. The largest absolute Gasteiger partial charge is 0.376 e. The predicted molar refractivity (Wildman–Crippen MR) is 160 cm³/mol. The fourth-order valence-electron chi connectivity index (χ4n) is 7.07. The number of rotatable bonds is 3. The second kappa shape index (κ2) is 8.37. The summed E-state index contributed by atoms with van der Waals surface area (Å²) in [6.07, 6.45) is 0. The average Bonchev–Trinajstić information content (AvgIpc) is 3.45. The van der Waals surface area contributed by atoms with Crippen molar-refractivity contribution in [3.8, 4) is 33.4 Å². The zero-order valence-corrected chi connectivity index (χ0v) is 21.8. The first-order chi connectivity index (χ1) is 19.6. The van der Waals surface area contributed by atoms with Gasteiger partial charge in [0.05, 0.1) is 0 Å². The third-order valence-electron chi connectivity index (χ3n) is 8.77. The van der Waals surface area contributed by atoms with Crippen molar-refractivity contribution in [2.45, 2.75) is 11.2 Å². The maximum Gasteiger partial charge on any atom is 0.142 e. The van der Waals surface area contributed by atoms with E-state index in [1.807, 2.05) is 109 Å². The monoisotopic (exact) mass is 514 g/mol. The van der Waals surface area contributed by atoms with Crippen LogP contribution in [0.3, 0.4) is 0 Å². The van der Waals surface area contributed by atoms with Crippen LogP contribution in [0.1, 0.15) is 33.4 Å². The van der Waals surface area contributed by atoms with Gasteiger partial charge in [-0.25, -0.2) is 0 Å². The molecule has 2 heteroatoms. The van der Waals surface area contributed by atoms with Gasteiger partial charge in [0.25, 0.3) is 0 Å². The summed E-state index contributed by atoms with van der Waals surface area (Å²) in [6.45, 7) is 0. The van der Waals surface area contributed by atoms with E-state index >= 15 is 0 Å². The lowest BCUT2D eigenvalue weighted by Gasteiger charge is -2.32. The van der Waals surface area contributed by atoms with Gasteiger partial charge in [-0.15, -0.1) is 0 Å². The van der Waals surface area contributed by atoms with Gasteiger partial charge in [-0.3, -0.25) is 0 Å². The van der Waals surface area contributed by atoms with Gasteiger partial charge < -0.3 is 10.2 Å². The molecule has 0 amide bonds. The molecule has 6 aromatic carbocycles. The minimum absolute atomic E-state index is 0.794. The zero-order chi connectivity index (χ0) is 26.9. The SMILES string of the molecule is OC1(c2ccccc2-c2ccccc2C2(O)c3ccccc3-c3ccccc32)c2ccccc2-c2ccccc21. The highest BCUT2D eigenvalue weighted by molar-refractivity contribution is 5.88. The fourth-order valence-corrected chi connectivity index (χ4v) is 7.07. The second-order valence-electron chi connectivity index (χ2n) is 10.7. The Kier molecular flexibility index (Phi) is 4.84. The Morgan fingerprint density at radius 3 is 0.575 bits per heavy atom. The highest BCUT2D eigenvalue weighted by Gasteiger charge is 2.47. The molecule has 0 heterocycles. The van der Waals surface area contributed by atoms with Crippen LogP contribution in [0, 0.1) is 0 Å². The van der Waals surface area contributed by atoms with Crippen LogP contribution in [0.5, 0.6) is 0 Å². The minimum Gasteiger partial charge on any atom is -0.376 e. The summed E-state index contributed by atoms with van der Waals surface area (Å²) in [5, 5.41) is 25.6. The van der Waals surface area contributed by atoms with E-state index in [0.29, 0.717) is 0 Å². The molecule has 2 nitrogen and oxygen atoms in total. The standard InChI is InChI=1S/C38H26O2/c39-37(31-19-7-1-13-25(31)26-14-2-8-20-32(26)37)35-23-11-5-17-29(35)30-18-6-12-24-36(30)38(40)33-21-9-3-15-27(33)28-16-4-10-22-34(28)38/h1-24,39-40H. The molecule has 0 saturated carbocycles. The second-order valence-corrected chi connectivity index (χ2v) is 10.7. The lowest BCUT2D eigenvalue weighted by atomic mass is 9.76. The molecule has 0 aliphatic heterocycles. The molecule has 2 aliphatic carbocycles. The maximum absolute atomic E-state index is 12.8. The van der Waals surface area contributed by atoms with Crippen LogP contribution >= 0.6 is 0 Å². The lowest BCUT2D eigenvalue weighted by Crippen LogP contribution is -2.29. The summed E-state index contributed by atoms with van der Waals surface area (Å²) in [7, 11) is 0. The molecule has 0 bridgehead atoms. The third-order valence-corrected chi connectivity index (χ3v) is 8.77. The predicted octanol–water partition coefficient (Wildman–Crippen LogP) is 7.88. The Bertz CT molecular complexity index is 1720. The fraction of sp³-hybridized carbons (Fsp3) is 0.0526. The third kappa shape index (κ3) is 2.90. The zero-order valence-electron chi connectivity index (χ0n) is 21.8. The molecule has 190 valence electrons. The summed E-state index contributed by atoms with van der Waals surface area (Å²) in [5.41, 5.74) is 8.34. The molecule has 0 atom stereocenters. The van der Waals surface area contributed by atoms with E-state index in [2.05, 4.69) is 36.4 Å². The van der Waals surface area contributed by atoms with E-state index in [0.717, 1.165) is 66.8 Å². The number of aliphatic hydroxyl groups is 2. The van der Waals surface area contributed by atoms with Crippen molar-refractivity contribution in [3.63, 3.8) is 0 Å². The van der Waals surface area contributed by atoms with Gasteiger partial charge in [-0.05, 0) is 33.4 Å². The van der Waals surface area contributed by atoms with Crippen molar-refractivity contribution in [1.29, 1.82) is 0 Å². The summed E-state index contributed by atoms with van der Waals surface area (Å²) in [5.74, 6) is 0. The summed E-state index contributed by atoms with van der Waals surface area (Å²) >= 11 is 0. The van der Waals surface area contributed by atoms with Gasteiger partial charge in [0.15, 0.2) is 0 Å². The van der Waals surface area contributed by atoms with Gasteiger partial charge in [0, 0.05) is 33.4 Å². The van der Waals surface area contributed by atoms with E-state index in [4.69, 9.17) is 0 Å². The molecule has 0 spiro atoms. The Balaban J connectivity index is 1.42. The summed E-state index contributed by atoms with van der Waals surface area (Å²) < 4.78 is 0. The van der Waals surface area contributed by atoms with E-state index in [1.54, 1.807) is 0 Å². The molecule has 0 unspecified atom stereocenters. The molecular weight excluding hydrogens is 488 g/mol. The minimum atomic E-state index is -1.34. The summed E-state index contributed by atoms with van der Waals surface area (Å²) in [4.78, 5) is 0. The number of hydrogen-bond donors (Lipinski definition) is 2. The van der Waals surface area contributed by atoms with Crippen LogP contribution in [0.25, 0.3) is 33.4 Å². The average molecular weight is 515 g/mol. The van der Waals surface area contributed by atoms with Crippen LogP contribution < -0.4 is 0 Å². The van der Waals surface area contributed by atoms with E-state index in [9.17, 15) is 10.2 Å². The topological polar surface area (TPSA) is 40.5 Å². The van der Waals surface area contributed by atoms with Crippen LogP contribution in [0.2, 0.25) is 0 Å². The normalized spacial score (nSPS) is 15.2. The Morgan fingerprint density at radius 2 is 0.400 bits per heavy atom. The van der Waals surface area contributed by atoms with E-state index in [-0.39, 0.29) is 0 Å². The molecule has 40 heavy (non-hydrogen) atoms. The van der Waals surface area contributed by atoms with Gasteiger partial charge in [-0.2, -0.15) is 0 Å². The Hall–Kier alpha value is -4.76. The molecule has 0 fully saturated rings. The van der Waals surface area contributed by atoms with Crippen LogP contribution in [0.15, 0.2) is 146 Å². The molecule has 6 aromatic rings. The van der Waals surface area contributed by atoms with Crippen LogP contribution in [-0.4, -0.2) is 10.2 Å². The number of hydrogen-bond acceptors (Lipinski definition) is 2. The van der Waals surface area contributed by atoms with E-state index in [1.165, 1.54) is 0 Å². The van der Waals surface area contributed by atoms with Crippen LogP contribution in [0.4, 0.5) is 0 Å². The molecule has 8 rings (SSSR count). The quantitative estimate of drug-likeness (QED) is 0.252. The first-order valence-corrected chi connectivity index (χ1v) is 13.7. The first-order valence-electron chi connectivity index (χ1n) is 13.7. The molecule has 2 aliphatic rings. The van der Waals surface area contributed by atoms with Crippen molar-refractivity contribution in [2.24, 2.45) is 0 Å². The van der Waals surface area contributed by atoms with Gasteiger partial charge >= 0.3 is 0 Å². The van der Waals surface area contributed by atoms with E-state index < -0.39 is 11.2 Å². The Labute approximate surface area is 233 Å². The lowest BCUT2D eigenvalue weighted by molar-refractivity contribution is 0.129. The van der Waals surface area contributed by atoms with Gasteiger partial charge in [-0.1, -0.05) is 146 Å². The number of benzene rings is 6. The van der Waals surface area contributed by atoms with Crippen molar-refractivity contribution in [3.05, 3.63) is 179 Å². The smallest absolute Gasteiger partial charge is 0.142 e. The van der Waals surface area contributed by atoms with Crippen LogP contribution in [-0.2, 0) is 11.2 Å². The molecule has 2 N–H and O–H groups in total. The first kappa shape index (κ1) is 23.2.